The summed E-state index contributed by atoms with van der Waals surface area (Å²) < 4.78 is 7.33. The van der Waals surface area contributed by atoms with Crippen molar-refractivity contribution < 1.29 is 14.9 Å². The Morgan fingerprint density at radius 1 is 1.11 bits per heavy atom. The third-order valence-electron chi connectivity index (χ3n) is 11.2. The van der Waals surface area contributed by atoms with Gasteiger partial charge in [-0.3, -0.25) is 0 Å². The van der Waals surface area contributed by atoms with Crippen LogP contribution in [0.3, 0.4) is 0 Å². The van der Waals surface area contributed by atoms with E-state index >= 15 is 0 Å². The van der Waals surface area contributed by atoms with Crippen LogP contribution in [0.5, 0.6) is 0 Å². The number of anilines is 1. The lowest BCUT2D eigenvalue weighted by Gasteiger charge is -2.60. The number of ether oxygens (including phenoxy) is 1. The van der Waals surface area contributed by atoms with E-state index in [4.69, 9.17) is 10.5 Å². The van der Waals surface area contributed by atoms with Crippen molar-refractivity contribution in [1.82, 2.24) is 9.88 Å². The van der Waals surface area contributed by atoms with E-state index in [1.165, 1.54) is 16.7 Å². The zero-order valence-corrected chi connectivity index (χ0v) is 23.0. The van der Waals surface area contributed by atoms with Crippen LogP contribution in [0.1, 0.15) is 52.0 Å². The van der Waals surface area contributed by atoms with Crippen molar-refractivity contribution in [3.05, 3.63) is 65.4 Å². The van der Waals surface area contributed by atoms with E-state index in [9.17, 15) is 10.2 Å². The van der Waals surface area contributed by atoms with Gasteiger partial charge < -0.3 is 25.6 Å². The molecule has 2 bridgehead atoms. The first-order chi connectivity index (χ1) is 17.9. The number of hydrogen-bond acceptors (Lipinski definition) is 6. The maximum absolute atomic E-state index is 11.3. The van der Waals surface area contributed by atoms with E-state index in [1.807, 2.05) is 25.1 Å². The average Bonchev–Trinajstić information content (AvgIpc) is 3.40. The Hall–Kier alpha value is -2.51. The van der Waals surface area contributed by atoms with Gasteiger partial charge in [0, 0.05) is 29.0 Å². The number of allylic oxidation sites excluding steroid dienone is 3. The van der Waals surface area contributed by atoms with Crippen LogP contribution < -0.4 is 5.73 Å². The number of nitrogens with two attached hydrogens (primary N) is 1. The number of likely N-dealkylation sites (N-methyl/N-ethyl adjacent to an activating group) is 1. The summed E-state index contributed by atoms with van der Waals surface area (Å²) >= 11 is 0. The molecule has 7 unspecified atom stereocenters. The van der Waals surface area contributed by atoms with Crippen LogP contribution in [0, 0.1) is 16.7 Å². The summed E-state index contributed by atoms with van der Waals surface area (Å²) in [6, 6.07) is 8.45. The minimum atomic E-state index is -0.918. The van der Waals surface area contributed by atoms with Gasteiger partial charge in [0.25, 0.3) is 0 Å². The second-order valence-corrected chi connectivity index (χ2v) is 13.3. The Kier molecular flexibility index (Phi) is 4.88. The van der Waals surface area contributed by atoms with Gasteiger partial charge in [0.2, 0.25) is 0 Å². The molecule has 1 aromatic carbocycles. The number of aliphatic hydroxyl groups is 2. The molecule has 2 aliphatic heterocycles. The molecule has 6 heteroatoms. The van der Waals surface area contributed by atoms with Crippen molar-refractivity contribution in [1.29, 1.82) is 0 Å². The molecule has 2 aromatic rings. The summed E-state index contributed by atoms with van der Waals surface area (Å²) in [5.41, 5.74) is 9.64. The number of rotatable bonds is 2. The molecule has 0 radical (unpaired) electrons. The Morgan fingerprint density at radius 3 is 2.66 bits per heavy atom. The highest BCUT2D eigenvalue weighted by Crippen LogP contribution is 2.71. The molecule has 6 nitrogen and oxygen atoms in total. The number of hydrogen-bond donors (Lipinski definition) is 3. The normalized spacial score (nSPS) is 40.8. The minimum absolute atomic E-state index is 0.150. The second-order valence-electron chi connectivity index (χ2n) is 13.3. The number of nitrogen functional groups attached to an aromatic ring is 1. The van der Waals surface area contributed by atoms with Gasteiger partial charge in [0.05, 0.1) is 17.3 Å². The number of benzene rings is 1. The summed E-state index contributed by atoms with van der Waals surface area (Å²) in [4.78, 5) is 6.36. The van der Waals surface area contributed by atoms with Crippen LogP contribution >= 0.6 is 0 Å². The van der Waals surface area contributed by atoms with Gasteiger partial charge in [-0.2, -0.15) is 0 Å². The van der Waals surface area contributed by atoms with E-state index in [-0.39, 0.29) is 22.8 Å². The molecule has 200 valence electrons. The average molecular weight is 514 g/mol. The topological polar surface area (TPSA) is 91.8 Å². The van der Waals surface area contributed by atoms with Crippen LogP contribution in [0.25, 0.3) is 16.3 Å². The third kappa shape index (κ3) is 2.84. The summed E-state index contributed by atoms with van der Waals surface area (Å²) in [5, 5.41) is 24.4. The van der Waals surface area contributed by atoms with Crippen LogP contribution in [0.2, 0.25) is 0 Å². The SMILES string of the molecule is CN(C)C1CC23CCC4(O2)C(=CC(C)(C)C2(C)C(c5ccc6ccnc(N)c6c5)=CCC42)C=C3C(O)C1O. The molecule has 3 aliphatic carbocycles. The molecule has 5 aliphatic rings. The van der Waals surface area contributed by atoms with Crippen molar-refractivity contribution in [3.8, 4) is 0 Å². The first kappa shape index (κ1) is 24.5. The summed E-state index contributed by atoms with van der Waals surface area (Å²) in [6.45, 7) is 7.09. The molecule has 1 saturated heterocycles. The highest BCUT2D eigenvalue weighted by atomic mass is 16.5. The molecule has 7 rings (SSSR count). The quantitative estimate of drug-likeness (QED) is 0.549. The van der Waals surface area contributed by atoms with E-state index in [2.05, 4.69) is 62.2 Å². The predicted octanol–water partition coefficient (Wildman–Crippen LogP) is 4.48. The Morgan fingerprint density at radius 2 is 1.89 bits per heavy atom. The van der Waals surface area contributed by atoms with Gasteiger partial charge >= 0.3 is 0 Å². The third-order valence-corrected chi connectivity index (χ3v) is 11.2. The zero-order valence-electron chi connectivity index (χ0n) is 23.0. The van der Waals surface area contributed by atoms with Gasteiger partial charge in [0.1, 0.15) is 11.9 Å². The van der Waals surface area contributed by atoms with E-state index in [1.54, 1.807) is 6.20 Å². The number of aliphatic hydroxyl groups excluding tert-OH is 2. The minimum Gasteiger partial charge on any atom is -0.388 e. The van der Waals surface area contributed by atoms with Crippen molar-refractivity contribution in [3.63, 3.8) is 0 Å². The molecule has 7 atom stereocenters. The maximum atomic E-state index is 11.3. The molecular weight excluding hydrogens is 474 g/mol. The monoisotopic (exact) mass is 513 g/mol. The van der Waals surface area contributed by atoms with Crippen LogP contribution in [0.15, 0.2) is 59.8 Å². The first-order valence-electron chi connectivity index (χ1n) is 14.0. The van der Waals surface area contributed by atoms with Gasteiger partial charge in [-0.15, -0.1) is 0 Å². The largest absolute Gasteiger partial charge is 0.388 e. The van der Waals surface area contributed by atoms with Gasteiger partial charge in [-0.05, 0) is 85.0 Å². The van der Waals surface area contributed by atoms with Crippen molar-refractivity contribution in [2.24, 2.45) is 16.7 Å². The molecule has 1 aromatic heterocycles. The summed E-state index contributed by atoms with van der Waals surface area (Å²) in [6.07, 6.45) is 10.5. The van der Waals surface area contributed by atoms with Crippen molar-refractivity contribution >= 4 is 22.2 Å². The molecule has 38 heavy (non-hydrogen) atoms. The highest BCUT2D eigenvalue weighted by Gasteiger charge is 2.70. The van der Waals surface area contributed by atoms with E-state index in [0.717, 1.165) is 35.6 Å². The fourth-order valence-corrected chi connectivity index (χ4v) is 8.87. The van der Waals surface area contributed by atoms with E-state index in [0.29, 0.717) is 12.2 Å². The highest BCUT2D eigenvalue weighted by molar-refractivity contribution is 5.94. The van der Waals surface area contributed by atoms with Gasteiger partial charge in [-0.25, -0.2) is 4.98 Å². The molecule has 3 heterocycles. The zero-order chi connectivity index (χ0) is 26.8. The summed E-state index contributed by atoms with van der Waals surface area (Å²) in [5.74, 6) is 0.828. The van der Waals surface area contributed by atoms with Crippen LogP contribution in [-0.4, -0.2) is 63.6 Å². The maximum Gasteiger partial charge on any atom is 0.131 e. The first-order valence-corrected chi connectivity index (χ1v) is 14.0. The number of fused-ring (bicyclic) bond motifs is 2. The Balaban J connectivity index is 1.36. The lowest BCUT2D eigenvalue weighted by atomic mass is 9.49. The Labute approximate surface area is 224 Å². The molecule has 0 amide bonds. The van der Waals surface area contributed by atoms with Crippen LogP contribution in [0.4, 0.5) is 5.82 Å². The van der Waals surface area contributed by atoms with Gasteiger partial charge in [-0.1, -0.05) is 51.1 Å². The number of pyridine rings is 1. The molecule has 4 N–H and O–H groups in total. The lowest BCUT2D eigenvalue weighted by molar-refractivity contribution is -0.170. The molecular formula is C32H39N3O3. The van der Waals surface area contributed by atoms with Crippen molar-refractivity contribution in [2.75, 3.05) is 19.8 Å². The van der Waals surface area contributed by atoms with Crippen molar-refractivity contribution in [2.45, 2.75) is 75.9 Å². The van der Waals surface area contributed by atoms with E-state index < -0.39 is 23.4 Å². The number of aromatic nitrogens is 1. The van der Waals surface area contributed by atoms with Crippen LogP contribution in [-0.2, 0) is 4.74 Å². The molecule has 1 saturated carbocycles. The fraction of sp³-hybridized carbons (Fsp3) is 0.531. The summed E-state index contributed by atoms with van der Waals surface area (Å²) in [7, 11) is 3.95. The molecule has 2 fully saturated rings. The second kappa shape index (κ2) is 7.57. The predicted molar refractivity (Wildman–Crippen MR) is 150 cm³/mol. The Bertz CT molecular complexity index is 1460. The standard InChI is InChI=1S/C32H39N3O3/c1-29(2)16-20-15-23-26(36)27(37)24(35(4)5)17-31(23)11-12-32(20,38-31)25-9-8-22(30(25,29)3)19-7-6-18-10-13-34-28(33)21(18)14-19/h6-8,10,13-16,24-27,36-37H,9,11-12,17H2,1-5H3,(H2,33,34). The smallest absolute Gasteiger partial charge is 0.131 e. The lowest BCUT2D eigenvalue weighted by Crippen LogP contribution is -2.63. The fourth-order valence-electron chi connectivity index (χ4n) is 8.87. The molecule has 2 spiro atoms. The van der Waals surface area contributed by atoms with Gasteiger partial charge in [0.15, 0.2) is 0 Å². The number of nitrogens with zero attached hydrogens (tertiary/aromatic N) is 2.